The monoisotopic (exact) mass is 395 g/mol. The molecule has 0 atom stereocenters. The Labute approximate surface area is 161 Å². The van der Waals surface area contributed by atoms with Crippen molar-refractivity contribution in [2.45, 2.75) is 33.0 Å². The van der Waals surface area contributed by atoms with Crippen molar-refractivity contribution in [3.63, 3.8) is 0 Å². The van der Waals surface area contributed by atoms with Gasteiger partial charge in [-0.15, -0.1) is 0 Å². The normalized spacial score (nSPS) is 13.1. The highest BCUT2D eigenvalue weighted by atomic mass is 35.5. The van der Waals surface area contributed by atoms with Gasteiger partial charge in [-0.2, -0.15) is 0 Å². The lowest BCUT2D eigenvalue weighted by Gasteiger charge is -2.18. The van der Waals surface area contributed by atoms with E-state index < -0.39 is 0 Å². The van der Waals surface area contributed by atoms with Gasteiger partial charge in [-0.05, 0) is 26.0 Å². The summed E-state index contributed by atoms with van der Waals surface area (Å²) in [6.45, 7) is 4.54. The lowest BCUT2D eigenvalue weighted by atomic mass is 10.1. The Morgan fingerprint density at radius 3 is 2.65 bits per heavy atom. The summed E-state index contributed by atoms with van der Waals surface area (Å²) in [5.41, 5.74) is 8.60. The summed E-state index contributed by atoms with van der Waals surface area (Å²) in [4.78, 5) is 22.6. The van der Waals surface area contributed by atoms with Crippen LogP contribution in [0, 0.1) is 0 Å². The molecule has 3 N–H and O–H groups in total. The lowest BCUT2D eigenvalue weighted by molar-refractivity contribution is 0.195. The summed E-state index contributed by atoms with van der Waals surface area (Å²) in [5, 5.41) is 3.69. The minimum Gasteiger partial charge on any atom is -0.495 e. The maximum atomic E-state index is 12.3. The fourth-order valence-electron chi connectivity index (χ4n) is 2.85. The van der Waals surface area contributed by atoms with Crippen LogP contribution in [0.4, 0.5) is 10.7 Å². The number of nitrogens with two attached hydrogens (primary N) is 1. The molecule has 9 heteroatoms. The molecule has 7 nitrogen and oxygen atoms in total. The van der Waals surface area contributed by atoms with Gasteiger partial charge in [-0.25, -0.2) is 14.8 Å². The van der Waals surface area contributed by atoms with Gasteiger partial charge in [0.05, 0.1) is 41.6 Å². The van der Waals surface area contributed by atoms with Crippen LogP contribution in [-0.4, -0.2) is 34.1 Å². The fourth-order valence-corrected chi connectivity index (χ4v) is 3.40. The van der Waals surface area contributed by atoms with Gasteiger partial charge in [0.2, 0.25) is 5.95 Å². The van der Waals surface area contributed by atoms with Crippen LogP contribution in [0.3, 0.4) is 0 Å². The first kappa shape index (κ1) is 18.5. The van der Waals surface area contributed by atoms with Crippen LogP contribution >= 0.6 is 23.2 Å². The quantitative estimate of drug-likeness (QED) is 0.829. The number of carbonyl (C=O) groups excluding carboxylic acids is 1. The molecule has 26 heavy (non-hydrogen) atoms. The van der Waals surface area contributed by atoms with E-state index in [-0.39, 0.29) is 18.0 Å². The number of benzene rings is 1. The Kier molecular flexibility index (Phi) is 5.11. The molecule has 1 aliphatic heterocycles. The molecule has 0 saturated heterocycles. The highest BCUT2D eigenvalue weighted by molar-refractivity contribution is 6.37. The van der Waals surface area contributed by atoms with Crippen LogP contribution in [-0.2, 0) is 13.1 Å². The number of amides is 2. The van der Waals surface area contributed by atoms with Gasteiger partial charge in [0.1, 0.15) is 5.75 Å². The van der Waals surface area contributed by atoms with Gasteiger partial charge >= 0.3 is 6.03 Å². The molecule has 2 heterocycles. The first-order valence-electron chi connectivity index (χ1n) is 8.04. The summed E-state index contributed by atoms with van der Waals surface area (Å²) in [6.07, 6.45) is 0. The zero-order valence-electron chi connectivity index (χ0n) is 14.6. The van der Waals surface area contributed by atoms with E-state index in [4.69, 9.17) is 33.7 Å². The molecular formula is C17H19Cl2N5O2. The van der Waals surface area contributed by atoms with Crippen molar-refractivity contribution in [2.24, 2.45) is 0 Å². The number of hydrogen-bond donors (Lipinski definition) is 2. The van der Waals surface area contributed by atoms with Gasteiger partial charge in [0.25, 0.3) is 0 Å². The smallest absolute Gasteiger partial charge is 0.318 e. The molecule has 1 aromatic carbocycles. The van der Waals surface area contributed by atoms with Crippen molar-refractivity contribution in [1.82, 2.24) is 20.2 Å². The number of hydrogen-bond acceptors (Lipinski definition) is 5. The number of nitrogen functional groups attached to an aromatic ring is 1. The number of aromatic nitrogens is 2. The Balaban J connectivity index is 2.04. The first-order valence-corrected chi connectivity index (χ1v) is 8.79. The molecule has 1 aromatic heterocycles. The molecule has 0 fully saturated rings. The van der Waals surface area contributed by atoms with E-state index in [0.29, 0.717) is 45.8 Å². The predicted molar refractivity (Wildman–Crippen MR) is 101 cm³/mol. The number of anilines is 1. The third kappa shape index (κ3) is 3.50. The average Bonchev–Trinajstić information content (AvgIpc) is 2.98. The molecule has 138 valence electrons. The van der Waals surface area contributed by atoms with E-state index in [1.54, 1.807) is 17.0 Å². The largest absolute Gasteiger partial charge is 0.495 e. The molecule has 2 amide bonds. The van der Waals surface area contributed by atoms with Gasteiger partial charge in [0, 0.05) is 17.2 Å². The minimum absolute atomic E-state index is 0.0387. The molecule has 0 bridgehead atoms. The molecule has 0 aliphatic carbocycles. The van der Waals surface area contributed by atoms with Crippen LogP contribution in [0.25, 0.3) is 11.3 Å². The third-order valence-electron chi connectivity index (χ3n) is 4.00. The van der Waals surface area contributed by atoms with Crippen LogP contribution < -0.4 is 15.8 Å². The second kappa shape index (κ2) is 7.17. The zero-order chi connectivity index (χ0) is 19.0. The van der Waals surface area contributed by atoms with Crippen molar-refractivity contribution >= 4 is 35.2 Å². The summed E-state index contributed by atoms with van der Waals surface area (Å²) >= 11 is 12.5. The number of carbonyl (C=O) groups is 1. The highest BCUT2D eigenvalue weighted by Gasteiger charge is 2.29. The summed E-state index contributed by atoms with van der Waals surface area (Å²) in [5.74, 6) is 0.597. The first-order chi connectivity index (χ1) is 12.3. The average molecular weight is 396 g/mol. The second-order valence-electron chi connectivity index (χ2n) is 6.28. The molecule has 1 aliphatic rings. The van der Waals surface area contributed by atoms with E-state index in [9.17, 15) is 4.79 Å². The van der Waals surface area contributed by atoms with Crippen molar-refractivity contribution < 1.29 is 9.53 Å². The van der Waals surface area contributed by atoms with E-state index in [2.05, 4.69) is 15.3 Å². The van der Waals surface area contributed by atoms with Gasteiger partial charge < -0.3 is 20.7 Å². The zero-order valence-corrected chi connectivity index (χ0v) is 16.1. The maximum Gasteiger partial charge on any atom is 0.318 e. The van der Waals surface area contributed by atoms with Gasteiger partial charge in [-0.3, -0.25) is 0 Å². The van der Waals surface area contributed by atoms with Crippen molar-refractivity contribution in [3.05, 3.63) is 33.4 Å². The number of urea groups is 1. The molecule has 0 unspecified atom stereocenters. The predicted octanol–water partition coefficient (Wildman–Crippen LogP) is 3.47. The van der Waals surface area contributed by atoms with E-state index in [1.165, 1.54) is 7.11 Å². The summed E-state index contributed by atoms with van der Waals surface area (Å²) < 4.78 is 5.28. The molecule has 2 aromatic rings. The van der Waals surface area contributed by atoms with Crippen molar-refractivity contribution in [1.29, 1.82) is 0 Å². The number of ether oxygens (including phenoxy) is 1. The topological polar surface area (TPSA) is 93.4 Å². The Morgan fingerprint density at radius 2 is 2.00 bits per heavy atom. The lowest BCUT2D eigenvalue weighted by Crippen LogP contribution is -2.40. The number of fused-ring (bicyclic) bond motifs is 1. The highest BCUT2D eigenvalue weighted by Crippen LogP contribution is 2.39. The number of nitrogens with zero attached hydrogens (tertiary/aromatic N) is 3. The van der Waals surface area contributed by atoms with Crippen LogP contribution in [0.2, 0.25) is 10.0 Å². The maximum absolute atomic E-state index is 12.3. The van der Waals surface area contributed by atoms with Gasteiger partial charge in [0.15, 0.2) is 0 Å². The van der Waals surface area contributed by atoms with E-state index in [0.717, 1.165) is 5.56 Å². The molecular weight excluding hydrogens is 377 g/mol. The minimum atomic E-state index is -0.165. The molecule has 3 rings (SSSR count). The summed E-state index contributed by atoms with van der Waals surface area (Å²) in [6, 6.07) is 3.18. The second-order valence-corrected chi connectivity index (χ2v) is 7.10. The number of rotatable bonds is 3. The number of nitrogens with one attached hydrogen (secondary N) is 1. The van der Waals surface area contributed by atoms with Crippen LogP contribution in [0.5, 0.6) is 5.75 Å². The number of halogens is 2. The number of methoxy groups -OCH3 is 1. The summed E-state index contributed by atoms with van der Waals surface area (Å²) in [7, 11) is 1.52. The molecule has 0 radical (unpaired) electrons. The molecule has 0 saturated carbocycles. The Morgan fingerprint density at radius 1 is 1.27 bits per heavy atom. The fraction of sp³-hybridized carbons (Fsp3) is 0.353. The van der Waals surface area contributed by atoms with Crippen LogP contribution in [0.15, 0.2) is 12.1 Å². The van der Waals surface area contributed by atoms with Gasteiger partial charge in [-0.1, -0.05) is 23.2 Å². The molecule has 0 spiro atoms. The Hall–Kier alpha value is -2.25. The van der Waals surface area contributed by atoms with E-state index >= 15 is 0 Å². The standard InChI is InChI=1S/C17H19Cl2N5O2/c1-8(2)21-17(25)24-6-10-13(7-24)22-16(20)23-15(10)9-4-14(26-3)12(19)5-11(9)18/h4-5,8H,6-7H2,1-3H3,(H,21,25)(H2,20,22,23). The SMILES string of the molecule is COc1cc(-c2nc(N)nc3c2CN(C(=O)NC(C)C)C3)c(Cl)cc1Cl. The van der Waals surface area contributed by atoms with E-state index in [1.807, 2.05) is 13.8 Å². The van der Waals surface area contributed by atoms with Crippen LogP contribution in [0.1, 0.15) is 25.1 Å². The van der Waals surface area contributed by atoms with Crippen molar-refractivity contribution in [2.75, 3.05) is 12.8 Å². The Bertz CT molecular complexity index is 873. The van der Waals surface area contributed by atoms with Crippen molar-refractivity contribution in [3.8, 4) is 17.0 Å². The third-order valence-corrected chi connectivity index (χ3v) is 4.60.